The van der Waals surface area contributed by atoms with Crippen molar-refractivity contribution in [2.45, 2.75) is 68.5 Å². The summed E-state index contributed by atoms with van der Waals surface area (Å²) < 4.78 is 50.3. The van der Waals surface area contributed by atoms with Gasteiger partial charge in [0.2, 0.25) is 0 Å². The lowest BCUT2D eigenvalue weighted by molar-refractivity contribution is -0.0759. The van der Waals surface area contributed by atoms with E-state index in [4.69, 9.17) is 9.47 Å². The van der Waals surface area contributed by atoms with Crippen molar-refractivity contribution in [2.75, 3.05) is 12.4 Å². The Morgan fingerprint density at radius 1 is 1.25 bits per heavy atom. The van der Waals surface area contributed by atoms with E-state index in [0.29, 0.717) is 5.39 Å². The Bertz CT molecular complexity index is 1010. The number of aliphatic hydroxyl groups is 2. The number of methoxy groups -OCH3 is 1. The molecule has 2 aromatic heterocycles. The van der Waals surface area contributed by atoms with Gasteiger partial charge in [0.05, 0.1) is 5.39 Å². The van der Waals surface area contributed by atoms with Crippen molar-refractivity contribution < 1.29 is 42.8 Å². The number of hydrogen-bond donors (Lipinski definition) is 5. The molecule has 2 aliphatic rings. The number of aromatic nitrogens is 3. The Kier molecular flexibility index (Phi) is 6.52. The maximum absolute atomic E-state index is 13.5. The minimum absolute atomic E-state index is 0.0258. The Morgan fingerprint density at radius 3 is 2.53 bits per heavy atom. The molecule has 0 bridgehead atoms. The fourth-order valence-corrected chi connectivity index (χ4v) is 5.24. The van der Waals surface area contributed by atoms with E-state index in [1.54, 1.807) is 6.07 Å². The number of rotatable bonds is 7. The number of halogens is 2. The van der Waals surface area contributed by atoms with Crippen LogP contribution in [0.2, 0.25) is 0 Å². The van der Waals surface area contributed by atoms with Crippen molar-refractivity contribution in [1.82, 2.24) is 14.5 Å². The summed E-state index contributed by atoms with van der Waals surface area (Å²) in [7, 11) is -3.81. The molecule has 4 rings (SSSR count). The largest absolute Gasteiger partial charge is 0.387 e. The van der Waals surface area contributed by atoms with E-state index in [2.05, 4.69) is 15.3 Å². The van der Waals surface area contributed by atoms with Crippen molar-refractivity contribution in [1.29, 1.82) is 0 Å². The van der Waals surface area contributed by atoms with Crippen LogP contribution in [-0.2, 0) is 14.0 Å². The summed E-state index contributed by atoms with van der Waals surface area (Å²) in [6.45, 7) is 0. The van der Waals surface area contributed by atoms with Crippen molar-refractivity contribution in [3.8, 4) is 0 Å². The molecule has 2 aromatic rings. The topological polar surface area (TPSA) is 159 Å². The van der Waals surface area contributed by atoms with Gasteiger partial charge in [-0.3, -0.25) is 4.57 Å². The first kappa shape index (κ1) is 23.4. The molecule has 178 valence electrons. The van der Waals surface area contributed by atoms with Crippen LogP contribution in [0.1, 0.15) is 44.2 Å². The second-order valence-electron chi connectivity index (χ2n) is 8.00. The van der Waals surface area contributed by atoms with Gasteiger partial charge in [0.15, 0.2) is 17.9 Å². The Balaban J connectivity index is 1.72. The zero-order valence-corrected chi connectivity index (χ0v) is 18.0. The summed E-state index contributed by atoms with van der Waals surface area (Å²) >= 11 is 0. The standard InChI is InChI=1S/C18H25F2N4O7P/c1-30-18(32(27,28)29)12-10(25)11(26)17(31-12)24-7-6-9-14(21-8-4-2-3-5-8)22-15(13(19)20)23-16(9)24/h6-8,10-13,17-18,25-26H,2-5H2,1H3,(H,21,22,23)(H2,27,28,29)/t10-,11+,12+,17+,18?/m0/s1. The van der Waals surface area contributed by atoms with Crippen LogP contribution in [0.15, 0.2) is 12.3 Å². The number of ether oxygens (including phenoxy) is 2. The van der Waals surface area contributed by atoms with Crippen LogP contribution in [0.4, 0.5) is 14.6 Å². The van der Waals surface area contributed by atoms with E-state index < -0.39 is 50.2 Å². The van der Waals surface area contributed by atoms with Gasteiger partial charge >= 0.3 is 7.60 Å². The highest BCUT2D eigenvalue weighted by Gasteiger charge is 2.52. The lowest BCUT2D eigenvalue weighted by Crippen LogP contribution is -2.39. The third-order valence-corrected chi connectivity index (χ3v) is 7.05. The number of nitrogens with one attached hydrogen (secondary N) is 1. The van der Waals surface area contributed by atoms with Crippen molar-refractivity contribution in [3.63, 3.8) is 0 Å². The van der Waals surface area contributed by atoms with Gasteiger partial charge < -0.3 is 39.4 Å². The fourth-order valence-electron chi connectivity index (χ4n) is 4.34. The zero-order valence-electron chi connectivity index (χ0n) is 17.1. The minimum Gasteiger partial charge on any atom is -0.387 e. The van der Waals surface area contributed by atoms with Crippen LogP contribution in [-0.4, -0.2) is 71.8 Å². The molecule has 5 atom stereocenters. The Labute approximate surface area is 181 Å². The van der Waals surface area contributed by atoms with E-state index >= 15 is 0 Å². The molecule has 0 amide bonds. The zero-order chi connectivity index (χ0) is 23.2. The highest BCUT2D eigenvalue weighted by Crippen LogP contribution is 2.48. The van der Waals surface area contributed by atoms with Crippen LogP contribution in [0.25, 0.3) is 11.0 Å². The quantitative estimate of drug-likeness (QED) is 0.369. The Hall–Kier alpha value is -1.73. The average molecular weight is 478 g/mol. The fraction of sp³-hybridized carbons (Fsp3) is 0.667. The third kappa shape index (κ3) is 4.26. The smallest absolute Gasteiger partial charge is 0.356 e. The Morgan fingerprint density at radius 2 is 1.94 bits per heavy atom. The molecule has 1 aliphatic carbocycles. The van der Waals surface area contributed by atoms with Crippen LogP contribution >= 0.6 is 7.60 Å². The maximum Gasteiger partial charge on any atom is 0.356 e. The summed E-state index contributed by atoms with van der Waals surface area (Å²) in [5.74, 6) is -2.32. The number of hydrogen-bond acceptors (Lipinski definition) is 8. The second-order valence-corrected chi connectivity index (χ2v) is 9.69. The molecule has 0 aromatic carbocycles. The summed E-state index contributed by atoms with van der Waals surface area (Å²) in [6, 6.07) is 1.65. The summed E-state index contributed by atoms with van der Waals surface area (Å²) in [5.41, 5.74) is 0.0258. The van der Waals surface area contributed by atoms with Gasteiger partial charge in [0.1, 0.15) is 29.8 Å². The highest BCUT2D eigenvalue weighted by atomic mass is 31.2. The van der Waals surface area contributed by atoms with E-state index in [1.165, 1.54) is 10.8 Å². The van der Waals surface area contributed by atoms with Gasteiger partial charge in [-0.2, -0.15) is 0 Å². The first-order valence-corrected chi connectivity index (χ1v) is 11.8. The predicted molar refractivity (Wildman–Crippen MR) is 107 cm³/mol. The lowest BCUT2D eigenvalue weighted by atomic mass is 10.1. The molecule has 2 fully saturated rings. The first-order chi connectivity index (χ1) is 15.1. The molecule has 1 saturated carbocycles. The van der Waals surface area contributed by atoms with E-state index in [-0.39, 0.29) is 17.5 Å². The van der Waals surface area contributed by atoms with Crippen LogP contribution in [0, 0.1) is 0 Å². The summed E-state index contributed by atoms with van der Waals surface area (Å²) in [6.07, 6.45) is -3.96. The van der Waals surface area contributed by atoms with Gasteiger partial charge in [-0.15, -0.1) is 0 Å². The average Bonchev–Trinajstić information content (AvgIpc) is 3.44. The minimum atomic E-state index is -4.85. The summed E-state index contributed by atoms with van der Waals surface area (Å²) in [5, 5.41) is 24.5. The van der Waals surface area contributed by atoms with Gasteiger partial charge in [0, 0.05) is 19.3 Å². The number of aliphatic hydroxyl groups excluding tert-OH is 2. The molecule has 0 radical (unpaired) electrons. The second kappa shape index (κ2) is 8.90. The number of anilines is 1. The van der Waals surface area contributed by atoms with Crippen molar-refractivity contribution in [2.24, 2.45) is 0 Å². The molecule has 3 heterocycles. The molecule has 0 spiro atoms. The molecule has 1 unspecified atom stereocenters. The summed E-state index contributed by atoms with van der Waals surface area (Å²) in [4.78, 5) is 26.9. The van der Waals surface area contributed by atoms with Crippen molar-refractivity contribution >= 4 is 24.4 Å². The van der Waals surface area contributed by atoms with Crippen LogP contribution in [0.3, 0.4) is 0 Å². The molecule has 1 aliphatic heterocycles. The maximum atomic E-state index is 13.5. The number of fused-ring (bicyclic) bond motifs is 1. The normalized spacial score (nSPS) is 28.1. The van der Waals surface area contributed by atoms with Crippen LogP contribution < -0.4 is 5.32 Å². The van der Waals surface area contributed by atoms with E-state index in [0.717, 1.165) is 32.8 Å². The lowest BCUT2D eigenvalue weighted by Gasteiger charge is -2.24. The van der Waals surface area contributed by atoms with Gasteiger partial charge in [-0.05, 0) is 18.9 Å². The first-order valence-electron chi connectivity index (χ1n) is 10.1. The number of alkyl halides is 2. The monoisotopic (exact) mass is 478 g/mol. The molecule has 14 heteroatoms. The molecule has 5 N–H and O–H groups in total. The SMILES string of the molecule is COC([C@@H]1O[C@@H](n2ccc3c(NC4CCCC4)nc(C(F)F)nc32)[C@H](O)[C@@H]1O)P(=O)(O)O. The molecule has 32 heavy (non-hydrogen) atoms. The van der Waals surface area contributed by atoms with Crippen LogP contribution in [0.5, 0.6) is 0 Å². The third-order valence-electron chi connectivity index (χ3n) is 5.88. The van der Waals surface area contributed by atoms with E-state index in [9.17, 15) is 33.3 Å². The molecule has 1 saturated heterocycles. The number of nitrogens with zero attached hydrogens (tertiary/aromatic N) is 3. The highest BCUT2D eigenvalue weighted by molar-refractivity contribution is 7.52. The van der Waals surface area contributed by atoms with Gasteiger partial charge in [-0.1, -0.05) is 12.8 Å². The van der Waals surface area contributed by atoms with Gasteiger partial charge in [0.25, 0.3) is 6.43 Å². The van der Waals surface area contributed by atoms with E-state index in [1.807, 2.05) is 0 Å². The molecule has 11 nitrogen and oxygen atoms in total. The van der Waals surface area contributed by atoms with Gasteiger partial charge in [-0.25, -0.2) is 18.7 Å². The molecular formula is C18H25F2N4O7P. The molecular weight excluding hydrogens is 453 g/mol. The predicted octanol–water partition coefficient (Wildman–Crippen LogP) is 1.49. The van der Waals surface area contributed by atoms with Crippen molar-refractivity contribution in [3.05, 3.63) is 18.1 Å².